The number of rotatable bonds is 8. The van der Waals surface area contributed by atoms with E-state index < -0.39 is 22.0 Å². The van der Waals surface area contributed by atoms with Crippen LogP contribution < -0.4 is 0 Å². The van der Waals surface area contributed by atoms with Gasteiger partial charge in [-0.1, -0.05) is 30.3 Å². The Labute approximate surface area is 128 Å². The van der Waals surface area contributed by atoms with Crippen molar-refractivity contribution < 1.29 is 14.1 Å². The summed E-state index contributed by atoms with van der Waals surface area (Å²) < 4.78 is 12.3. The molecule has 2 rings (SSSR count). The third-order valence-corrected chi connectivity index (χ3v) is 5.60. The predicted octanol–water partition coefficient (Wildman–Crippen LogP) is 1.92. The molecule has 5 heteroatoms. The zero-order chi connectivity index (χ0) is 15.1. The van der Waals surface area contributed by atoms with E-state index in [1.54, 1.807) is 0 Å². The summed E-state index contributed by atoms with van der Waals surface area (Å²) in [7, 11) is -1.30. The highest BCUT2D eigenvalue weighted by molar-refractivity contribution is 7.86. The van der Waals surface area contributed by atoms with Gasteiger partial charge in [0.15, 0.2) is 0 Å². The molecule has 0 aliphatic carbocycles. The van der Waals surface area contributed by atoms with Crippen molar-refractivity contribution in [2.45, 2.75) is 30.9 Å². The Kier molecular flexibility index (Phi) is 6.39. The molecular weight excluding hydrogens is 286 g/mol. The number of carboxylic acid groups (broad SMARTS) is 1. The van der Waals surface area contributed by atoms with Crippen LogP contribution in [0.4, 0.5) is 0 Å². The fourth-order valence-electron chi connectivity index (χ4n) is 2.68. The van der Waals surface area contributed by atoms with Gasteiger partial charge < -0.3 is 10.0 Å². The number of nitrogens with zero attached hydrogens (tertiary/aromatic N) is 1. The van der Waals surface area contributed by atoms with Crippen LogP contribution in [0, 0.1) is 0 Å². The van der Waals surface area contributed by atoms with E-state index in [0.29, 0.717) is 18.6 Å². The highest BCUT2D eigenvalue weighted by atomic mass is 32.2. The summed E-state index contributed by atoms with van der Waals surface area (Å²) in [4.78, 5) is 13.6. The molecule has 2 atom stereocenters. The normalized spacial score (nSPS) is 18.5. The number of aliphatic carboxylic acids is 1. The van der Waals surface area contributed by atoms with Gasteiger partial charge in [0.25, 0.3) is 0 Å². The van der Waals surface area contributed by atoms with Crippen molar-refractivity contribution in [1.29, 1.82) is 0 Å². The number of benzene rings is 1. The van der Waals surface area contributed by atoms with E-state index in [4.69, 9.17) is 0 Å². The molecular formula is C16H23NO3S. The van der Waals surface area contributed by atoms with Crippen LogP contribution in [0.25, 0.3) is 0 Å². The molecule has 1 heterocycles. The highest BCUT2D eigenvalue weighted by Crippen LogP contribution is 2.12. The monoisotopic (exact) mass is 309 g/mol. The second-order valence-electron chi connectivity index (χ2n) is 5.48. The van der Waals surface area contributed by atoms with E-state index in [0.717, 1.165) is 25.2 Å². The average molecular weight is 309 g/mol. The Morgan fingerprint density at radius 3 is 2.52 bits per heavy atom. The van der Waals surface area contributed by atoms with Gasteiger partial charge in [-0.15, -0.1) is 0 Å². The van der Waals surface area contributed by atoms with E-state index >= 15 is 0 Å². The second-order valence-corrected chi connectivity index (χ2v) is 7.22. The van der Waals surface area contributed by atoms with Gasteiger partial charge in [-0.2, -0.15) is 0 Å². The standard InChI is InChI=1S/C16H23NO3S/c18-16(19)15(9-8-14-6-2-1-3-7-14)21(20)13-12-17-10-4-5-11-17/h1-3,6-7,15H,4-5,8-13H2,(H,18,19). The minimum Gasteiger partial charge on any atom is -0.480 e. The zero-order valence-corrected chi connectivity index (χ0v) is 13.1. The predicted molar refractivity (Wildman–Crippen MR) is 84.9 cm³/mol. The molecule has 4 nitrogen and oxygen atoms in total. The van der Waals surface area contributed by atoms with E-state index in [-0.39, 0.29) is 0 Å². The summed E-state index contributed by atoms with van der Waals surface area (Å²) in [5.74, 6) is -0.475. The van der Waals surface area contributed by atoms with Gasteiger partial charge in [0, 0.05) is 23.1 Å². The van der Waals surface area contributed by atoms with Crippen LogP contribution in [0.15, 0.2) is 30.3 Å². The Morgan fingerprint density at radius 1 is 1.24 bits per heavy atom. The van der Waals surface area contributed by atoms with E-state index in [9.17, 15) is 14.1 Å². The molecule has 1 aliphatic rings. The lowest BCUT2D eigenvalue weighted by molar-refractivity contribution is -0.136. The lowest BCUT2D eigenvalue weighted by Crippen LogP contribution is -2.32. The number of carboxylic acids is 1. The molecule has 21 heavy (non-hydrogen) atoms. The van der Waals surface area contributed by atoms with Crippen molar-refractivity contribution in [3.05, 3.63) is 35.9 Å². The molecule has 1 aliphatic heterocycles. The van der Waals surface area contributed by atoms with Gasteiger partial charge in [0.2, 0.25) is 0 Å². The summed E-state index contributed by atoms with van der Waals surface area (Å²) in [6.07, 6.45) is 3.49. The molecule has 0 amide bonds. The third-order valence-electron chi connectivity index (χ3n) is 3.94. The molecule has 0 radical (unpaired) electrons. The molecule has 1 N–H and O–H groups in total. The van der Waals surface area contributed by atoms with Crippen molar-refractivity contribution in [2.75, 3.05) is 25.4 Å². The minimum atomic E-state index is -1.30. The maximum absolute atomic E-state index is 12.3. The van der Waals surface area contributed by atoms with Crippen LogP contribution in [-0.4, -0.2) is 50.8 Å². The first-order chi connectivity index (χ1) is 10.2. The molecule has 1 saturated heterocycles. The quantitative estimate of drug-likeness (QED) is 0.797. The summed E-state index contributed by atoms with van der Waals surface area (Å²) in [5, 5.41) is 8.55. The van der Waals surface area contributed by atoms with Crippen LogP contribution in [0.5, 0.6) is 0 Å². The number of hydrogen-bond donors (Lipinski definition) is 1. The van der Waals surface area contributed by atoms with E-state index in [1.807, 2.05) is 30.3 Å². The lowest BCUT2D eigenvalue weighted by Gasteiger charge is -2.17. The van der Waals surface area contributed by atoms with Crippen molar-refractivity contribution in [3.8, 4) is 0 Å². The summed E-state index contributed by atoms with van der Waals surface area (Å²) in [5.41, 5.74) is 1.10. The summed E-state index contributed by atoms with van der Waals surface area (Å²) >= 11 is 0. The van der Waals surface area contributed by atoms with Crippen molar-refractivity contribution in [3.63, 3.8) is 0 Å². The SMILES string of the molecule is O=C(O)C(CCc1ccccc1)S(=O)CCN1CCCC1. The van der Waals surface area contributed by atoms with Gasteiger partial charge in [-0.05, 0) is 44.3 Å². The second kappa shape index (κ2) is 8.29. The number of carbonyl (C=O) groups is 1. The van der Waals surface area contributed by atoms with Gasteiger partial charge in [-0.25, -0.2) is 0 Å². The molecule has 0 bridgehead atoms. The smallest absolute Gasteiger partial charge is 0.319 e. The van der Waals surface area contributed by atoms with Crippen molar-refractivity contribution in [2.24, 2.45) is 0 Å². The fraction of sp³-hybridized carbons (Fsp3) is 0.562. The van der Waals surface area contributed by atoms with Crippen molar-refractivity contribution >= 4 is 16.8 Å². The molecule has 2 unspecified atom stereocenters. The maximum atomic E-state index is 12.3. The molecule has 0 aromatic heterocycles. The zero-order valence-electron chi connectivity index (χ0n) is 12.2. The van der Waals surface area contributed by atoms with Gasteiger partial charge >= 0.3 is 5.97 Å². The Hall–Kier alpha value is -1.20. The van der Waals surface area contributed by atoms with Crippen LogP contribution in [0.2, 0.25) is 0 Å². The van der Waals surface area contributed by atoms with Gasteiger partial charge in [0.1, 0.15) is 5.25 Å². The lowest BCUT2D eigenvalue weighted by atomic mass is 10.1. The Balaban J connectivity index is 1.82. The van der Waals surface area contributed by atoms with Crippen molar-refractivity contribution in [1.82, 2.24) is 4.90 Å². The van der Waals surface area contributed by atoms with Crippen LogP contribution in [0.3, 0.4) is 0 Å². The average Bonchev–Trinajstić information content (AvgIpc) is 2.99. The van der Waals surface area contributed by atoms with Gasteiger partial charge in [0.05, 0.1) is 0 Å². The first-order valence-electron chi connectivity index (χ1n) is 7.53. The molecule has 0 spiro atoms. The van der Waals surface area contributed by atoms with Gasteiger partial charge in [-0.3, -0.25) is 9.00 Å². The minimum absolute atomic E-state index is 0.436. The topological polar surface area (TPSA) is 57.6 Å². The molecule has 1 fully saturated rings. The molecule has 0 saturated carbocycles. The van der Waals surface area contributed by atoms with Crippen LogP contribution >= 0.6 is 0 Å². The Bertz CT molecular complexity index is 472. The van der Waals surface area contributed by atoms with E-state index in [2.05, 4.69) is 4.90 Å². The number of likely N-dealkylation sites (tertiary alicyclic amines) is 1. The summed E-state index contributed by atoms with van der Waals surface area (Å²) in [6, 6.07) is 9.77. The van der Waals surface area contributed by atoms with E-state index in [1.165, 1.54) is 12.8 Å². The first-order valence-corrected chi connectivity index (χ1v) is 8.91. The third kappa shape index (κ3) is 5.25. The maximum Gasteiger partial charge on any atom is 0.319 e. The molecule has 1 aromatic rings. The molecule has 116 valence electrons. The highest BCUT2D eigenvalue weighted by Gasteiger charge is 2.25. The molecule has 1 aromatic carbocycles. The summed E-state index contributed by atoms with van der Waals surface area (Å²) in [6.45, 7) is 2.86. The number of aryl methyl sites for hydroxylation is 1. The number of hydrogen-bond acceptors (Lipinski definition) is 3. The fourth-order valence-corrected chi connectivity index (χ4v) is 4.01. The Morgan fingerprint density at radius 2 is 1.90 bits per heavy atom. The van der Waals surface area contributed by atoms with Crippen LogP contribution in [-0.2, 0) is 22.0 Å². The van der Waals surface area contributed by atoms with Crippen LogP contribution in [0.1, 0.15) is 24.8 Å². The first kappa shape index (κ1) is 16.2. The largest absolute Gasteiger partial charge is 0.480 e.